The lowest BCUT2D eigenvalue weighted by molar-refractivity contribution is -0.277. The molecule has 0 bridgehead atoms. The Morgan fingerprint density at radius 3 is 2.45 bits per heavy atom. The van der Waals surface area contributed by atoms with Crippen molar-refractivity contribution in [3.8, 4) is 17.2 Å². The number of ether oxygens (including phenoxy) is 3. The molecule has 2 aromatic carbocycles. The van der Waals surface area contributed by atoms with Crippen molar-refractivity contribution in [1.29, 1.82) is 0 Å². The lowest BCUT2D eigenvalue weighted by Gasteiger charge is -2.40. The molecule has 0 saturated carbocycles. The van der Waals surface area contributed by atoms with Crippen molar-refractivity contribution < 1.29 is 39.7 Å². The summed E-state index contributed by atoms with van der Waals surface area (Å²) >= 11 is 0. The Labute approximate surface area is 167 Å². The van der Waals surface area contributed by atoms with Gasteiger partial charge >= 0.3 is 0 Å². The summed E-state index contributed by atoms with van der Waals surface area (Å²) in [5.41, 5.74) is 0.241. The van der Waals surface area contributed by atoms with Crippen LogP contribution in [0.3, 0.4) is 0 Å². The normalized spacial score (nSPS) is 31.2. The van der Waals surface area contributed by atoms with Crippen LogP contribution in [0.1, 0.15) is 25.8 Å². The van der Waals surface area contributed by atoms with Gasteiger partial charge in [0.1, 0.15) is 35.8 Å². The van der Waals surface area contributed by atoms with Crippen molar-refractivity contribution in [2.75, 3.05) is 6.61 Å². The first-order valence-corrected chi connectivity index (χ1v) is 9.66. The fraction of sp³-hybridized carbons (Fsp3) is 0.524. The average Bonchev–Trinajstić information content (AvgIpc) is 2.70. The number of aromatic hydroxyl groups is 1. The second-order valence-electron chi connectivity index (χ2n) is 8.21. The van der Waals surface area contributed by atoms with Gasteiger partial charge in [-0.2, -0.15) is 0 Å². The third kappa shape index (κ3) is 3.41. The Kier molecular flexibility index (Phi) is 5.08. The van der Waals surface area contributed by atoms with Gasteiger partial charge in [0.25, 0.3) is 0 Å². The van der Waals surface area contributed by atoms with E-state index in [2.05, 4.69) is 0 Å². The lowest BCUT2D eigenvalue weighted by atomic mass is 9.91. The van der Waals surface area contributed by atoms with Crippen LogP contribution in [0.5, 0.6) is 17.2 Å². The molecule has 8 nitrogen and oxygen atoms in total. The molecule has 0 unspecified atom stereocenters. The van der Waals surface area contributed by atoms with E-state index in [-0.39, 0.29) is 11.5 Å². The third-order valence-electron chi connectivity index (χ3n) is 5.63. The summed E-state index contributed by atoms with van der Waals surface area (Å²) in [6.07, 6.45) is -5.88. The first kappa shape index (κ1) is 20.2. The molecular weight excluding hydrogens is 380 g/mol. The van der Waals surface area contributed by atoms with Gasteiger partial charge in [0.15, 0.2) is 11.5 Å². The highest BCUT2D eigenvalue weighted by atomic mass is 16.7. The molecule has 29 heavy (non-hydrogen) atoms. The lowest BCUT2D eigenvalue weighted by Crippen LogP contribution is -2.60. The predicted octanol–water partition coefficient (Wildman–Crippen LogP) is 0.828. The minimum Gasteiger partial charge on any atom is -0.504 e. The Morgan fingerprint density at radius 2 is 1.76 bits per heavy atom. The van der Waals surface area contributed by atoms with Crippen molar-refractivity contribution >= 4 is 10.8 Å². The number of fused-ring (bicyclic) bond motifs is 3. The van der Waals surface area contributed by atoms with Gasteiger partial charge in [-0.3, -0.25) is 0 Å². The molecule has 0 radical (unpaired) electrons. The van der Waals surface area contributed by atoms with Crippen LogP contribution < -0.4 is 9.47 Å². The van der Waals surface area contributed by atoms with Crippen molar-refractivity contribution in [1.82, 2.24) is 0 Å². The van der Waals surface area contributed by atoms with Crippen LogP contribution in [0.2, 0.25) is 0 Å². The zero-order chi connectivity index (χ0) is 20.9. The minimum atomic E-state index is -1.57. The fourth-order valence-corrected chi connectivity index (χ4v) is 3.92. The maximum absolute atomic E-state index is 10.9. The fourth-order valence-electron chi connectivity index (χ4n) is 3.92. The topological polar surface area (TPSA) is 129 Å². The minimum absolute atomic E-state index is 0.0959. The van der Waals surface area contributed by atoms with E-state index in [1.165, 1.54) is 0 Å². The number of aliphatic hydroxyl groups excluding tert-OH is 4. The molecular formula is C21H26O8. The maximum atomic E-state index is 10.9. The monoisotopic (exact) mass is 406 g/mol. The third-order valence-corrected chi connectivity index (χ3v) is 5.63. The Bertz CT molecular complexity index is 909. The molecule has 1 fully saturated rings. The quantitative estimate of drug-likeness (QED) is 0.507. The average molecular weight is 406 g/mol. The highest BCUT2D eigenvalue weighted by Crippen LogP contribution is 2.50. The van der Waals surface area contributed by atoms with Crippen molar-refractivity contribution in [3.63, 3.8) is 0 Å². The molecule has 0 amide bonds. The van der Waals surface area contributed by atoms with E-state index in [9.17, 15) is 25.5 Å². The number of phenols is 1. The van der Waals surface area contributed by atoms with Gasteiger partial charge in [-0.15, -0.1) is 0 Å². The number of hydrogen-bond donors (Lipinski definition) is 5. The number of hydrogen-bond acceptors (Lipinski definition) is 8. The number of benzene rings is 2. The Balaban J connectivity index is 1.79. The molecule has 0 spiro atoms. The van der Waals surface area contributed by atoms with Crippen LogP contribution in [0.25, 0.3) is 10.8 Å². The summed E-state index contributed by atoms with van der Waals surface area (Å²) in [6, 6.07) is 7.22. The van der Waals surface area contributed by atoms with E-state index in [0.717, 1.165) is 5.39 Å². The molecule has 5 atom stereocenters. The smallest absolute Gasteiger partial charge is 0.229 e. The molecule has 2 aliphatic rings. The summed E-state index contributed by atoms with van der Waals surface area (Å²) in [4.78, 5) is 0. The molecule has 2 aliphatic heterocycles. The molecule has 0 aliphatic carbocycles. The highest BCUT2D eigenvalue weighted by Gasteiger charge is 2.45. The number of phenolic OH excluding ortho intramolecular Hbond substituents is 1. The van der Waals surface area contributed by atoms with E-state index >= 15 is 0 Å². The maximum Gasteiger partial charge on any atom is 0.229 e. The van der Waals surface area contributed by atoms with E-state index in [1.807, 2.05) is 26.0 Å². The van der Waals surface area contributed by atoms with Crippen LogP contribution >= 0.6 is 0 Å². The van der Waals surface area contributed by atoms with E-state index in [4.69, 9.17) is 14.2 Å². The van der Waals surface area contributed by atoms with Crippen LogP contribution in [0, 0.1) is 0 Å². The molecule has 1 saturated heterocycles. The number of rotatable bonds is 3. The van der Waals surface area contributed by atoms with Gasteiger partial charge in [-0.1, -0.05) is 24.3 Å². The van der Waals surface area contributed by atoms with Crippen LogP contribution in [-0.2, 0) is 11.2 Å². The highest BCUT2D eigenvalue weighted by molar-refractivity contribution is 5.97. The first-order chi connectivity index (χ1) is 13.7. The second kappa shape index (κ2) is 7.30. The summed E-state index contributed by atoms with van der Waals surface area (Å²) in [7, 11) is 0. The number of aliphatic hydroxyl groups is 4. The predicted molar refractivity (Wildman–Crippen MR) is 103 cm³/mol. The van der Waals surface area contributed by atoms with Crippen LogP contribution in [0.15, 0.2) is 24.3 Å². The van der Waals surface area contributed by atoms with Gasteiger partial charge < -0.3 is 39.7 Å². The molecule has 8 heteroatoms. The van der Waals surface area contributed by atoms with Crippen LogP contribution in [-0.4, -0.2) is 68.4 Å². The molecule has 0 aromatic heterocycles. The van der Waals surface area contributed by atoms with Gasteiger partial charge in [-0.05, 0) is 26.7 Å². The van der Waals surface area contributed by atoms with Crippen molar-refractivity contribution in [2.45, 2.75) is 63.0 Å². The van der Waals surface area contributed by atoms with E-state index in [0.29, 0.717) is 29.5 Å². The summed E-state index contributed by atoms with van der Waals surface area (Å²) in [5.74, 6) is 0.562. The zero-order valence-electron chi connectivity index (χ0n) is 16.3. The summed E-state index contributed by atoms with van der Waals surface area (Å²) in [6.45, 7) is 3.40. The standard InChI is InChI=1S/C21H26O8/c1-21(2)8-7-12-18(29-21)11-6-4-3-5-10(11)14(23)19(12)28-20-17(26)16(25)15(24)13(9-22)27-20/h3-6,13,15-17,20,22-26H,7-9H2,1-2H3/t13-,15-,16+,17-,20+/m1/s1. The largest absolute Gasteiger partial charge is 0.504 e. The molecule has 158 valence electrons. The summed E-state index contributed by atoms with van der Waals surface area (Å²) < 4.78 is 17.5. The Hall–Kier alpha value is -2.10. The van der Waals surface area contributed by atoms with Crippen molar-refractivity contribution in [2.24, 2.45) is 0 Å². The first-order valence-electron chi connectivity index (χ1n) is 9.66. The molecule has 4 rings (SSSR count). The zero-order valence-corrected chi connectivity index (χ0v) is 16.3. The Morgan fingerprint density at radius 1 is 1.07 bits per heavy atom. The van der Waals surface area contributed by atoms with Gasteiger partial charge in [0.05, 0.1) is 6.61 Å². The van der Waals surface area contributed by atoms with Gasteiger partial charge in [0, 0.05) is 16.3 Å². The SMILES string of the molecule is CC1(C)CCc2c(O[C@@H]3O[C@H](CO)[C@@H](O)[C@H](O)[C@H]3O)c(O)c3ccccc3c2O1. The second-order valence-corrected chi connectivity index (χ2v) is 8.21. The molecule has 5 N–H and O–H groups in total. The van der Waals surface area contributed by atoms with E-state index < -0.39 is 42.9 Å². The molecule has 2 heterocycles. The van der Waals surface area contributed by atoms with Gasteiger partial charge in [0.2, 0.25) is 6.29 Å². The van der Waals surface area contributed by atoms with E-state index in [1.54, 1.807) is 12.1 Å². The molecule has 2 aromatic rings. The van der Waals surface area contributed by atoms with Gasteiger partial charge in [-0.25, -0.2) is 0 Å². The van der Waals surface area contributed by atoms with Crippen molar-refractivity contribution in [3.05, 3.63) is 29.8 Å². The van der Waals surface area contributed by atoms with Crippen LogP contribution in [0.4, 0.5) is 0 Å². The summed E-state index contributed by atoms with van der Waals surface area (Å²) in [5, 5.41) is 51.9.